The van der Waals surface area contributed by atoms with Crippen molar-refractivity contribution in [2.24, 2.45) is 0 Å². The van der Waals surface area contributed by atoms with Crippen LogP contribution in [-0.4, -0.2) is 24.4 Å². The molecule has 0 spiro atoms. The Hall–Kier alpha value is -2.72. The molecule has 30 heavy (non-hydrogen) atoms. The minimum Gasteiger partial charge on any atom is -0.302 e. The number of aromatic nitrogens is 5. The van der Waals surface area contributed by atoms with E-state index in [4.69, 9.17) is 0 Å². The van der Waals surface area contributed by atoms with Crippen LogP contribution in [0.25, 0.3) is 22.6 Å². The zero-order chi connectivity index (χ0) is 21.1. The lowest BCUT2D eigenvalue weighted by molar-refractivity contribution is -0.137. The SMILES string of the molecule is CCn1c(SCc2ccc(C(F)(F)F)cc2)nnc1-c1cccc(-c2csnn2)c1. The van der Waals surface area contributed by atoms with Gasteiger partial charge in [-0.3, -0.25) is 0 Å². The van der Waals surface area contributed by atoms with Crippen molar-refractivity contribution >= 4 is 23.3 Å². The molecule has 4 rings (SSSR count). The second-order valence-electron chi connectivity index (χ2n) is 6.40. The van der Waals surface area contributed by atoms with E-state index in [-0.39, 0.29) is 0 Å². The van der Waals surface area contributed by atoms with E-state index < -0.39 is 11.7 Å². The molecule has 0 unspecified atom stereocenters. The summed E-state index contributed by atoms with van der Waals surface area (Å²) in [5.41, 5.74) is 2.81. The van der Waals surface area contributed by atoms with Crippen LogP contribution in [-0.2, 0) is 18.5 Å². The molecule has 4 aromatic rings. The number of rotatable bonds is 6. The van der Waals surface area contributed by atoms with Crippen molar-refractivity contribution in [3.05, 3.63) is 65.0 Å². The van der Waals surface area contributed by atoms with Crippen molar-refractivity contribution in [3.63, 3.8) is 0 Å². The summed E-state index contributed by atoms with van der Waals surface area (Å²) in [6.07, 6.45) is -4.33. The van der Waals surface area contributed by atoms with Crippen LogP contribution in [0.3, 0.4) is 0 Å². The van der Waals surface area contributed by atoms with E-state index in [0.29, 0.717) is 17.5 Å². The first-order chi connectivity index (χ1) is 14.5. The largest absolute Gasteiger partial charge is 0.416 e. The third-order valence-electron chi connectivity index (χ3n) is 4.46. The van der Waals surface area contributed by atoms with Crippen molar-refractivity contribution in [2.45, 2.75) is 30.6 Å². The van der Waals surface area contributed by atoms with Gasteiger partial charge in [-0.05, 0) is 42.2 Å². The fraction of sp³-hybridized carbons (Fsp3) is 0.200. The first-order valence-corrected chi connectivity index (χ1v) is 10.9. The van der Waals surface area contributed by atoms with Gasteiger partial charge >= 0.3 is 6.18 Å². The van der Waals surface area contributed by atoms with Crippen LogP contribution in [0.15, 0.2) is 59.1 Å². The summed E-state index contributed by atoms with van der Waals surface area (Å²) in [7, 11) is 0. The van der Waals surface area contributed by atoms with Crippen LogP contribution in [0.5, 0.6) is 0 Å². The summed E-state index contributed by atoms with van der Waals surface area (Å²) in [5.74, 6) is 1.23. The number of thioether (sulfide) groups is 1. The minimum atomic E-state index is -4.33. The highest BCUT2D eigenvalue weighted by Crippen LogP contribution is 2.31. The Balaban J connectivity index is 1.54. The van der Waals surface area contributed by atoms with Crippen LogP contribution in [0.1, 0.15) is 18.1 Å². The van der Waals surface area contributed by atoms with Crippen molar-refractivity contribution in [3.8, 4) is 22.6 Å². The third-order valence-corrected chi connectivity index (χ3v) is 6.00. The zero-order valence-electron chi connectivity index (χ0n) is 15.8. The molecule has 0 amide bonds. The lowest BCUT2D eigenvalue weighted by Crippen LogP contribution is -2.04. The molecule has 0 aliphatic carbocycles. The smallest absolute Gasteiger partial charge is 0.302 e. The summed E-state index contributed by atoms with van der Waals surface area (Å²) in [4.78, 5) is 0. The lowest BCUT2D eigenvalue weighted by Gasteiger charge is -2.09. The minimum absolute atomic E-state index is 0.501. The number of halogens is 3. The molecule has 154 valence electrons. The van der Waals surface area contributed by atoms with E-state index in [1.165, 1.54) is 35.4 Å². The first kappa shape index (κ1) is 20.5. The number of nitrogens with zero attached hydrogens (tertiary/aromatic N) is 5. The molecule has 10 heteroatoms. The average Bonchev–Trinajstić information content (AvgIpc) is 3.42. The Kier molecular flexibility index (Phi) is 5.87. The molecular weight excluding hydrogens is 431 g/mol. The average molecular weight is 448 g/mol. The molecular formula is C20H16F3N5S2. The fourth-order valence-electron chi connectivity index (χ4n) is 2.94. The van der Waals surface area contributed by atoms with Crippen molar-refractivity contribution in [1.29, 1.82) is 0 Å². The van der Waals surface area contributed by atoms with Crippen LogP contribution < -0.4 is 0 Å². The van der Waals surface area contributed by atoms with Gasteiger partial charge in [0, 0.05) is 28.8 Å². The number of alkyl halides is 3. The van der Waals surface area contributed by atoms with Gasteiger partial charge in [0.25, 0.3) is 0 Å². The molecule has 0 atom stereocenters. The first-order valence-electron chi connectivity index (χ1n) is 9.05. The van der Waals surface area contributed by atoms with Crippen molar-refractivity contribution in [2.75, 3.05) is 0 Å². The molecule has 0 saturated heterocycles. The Bertz CT molecular complexity index is 1120. The van der Waals surface area contributed by atoms with E-state index in [2.05, 4.69) is 19.8 Å². The topological polar surface area (TPSA) is 56.5 Å². The Morgan fingerprint density at radius 1 is 1.00 bits per heavy atom. The van der Waals surface area contributed by atoms with E-state index in [1.54, 1.807) is 0 Å². The number of benzene rings is 2. The summed E-state index contributed by atoms with van der Waals surface area (Å²) in [6.45, 7) is 2.67. The van der Waals surface area contributed by atoms with Gasteiger partial charge in [0.2, 0.25) is 0 Å². The van der Waals surface area contributed by atoms with E-state index in [0.717, 1.165) is 40.3 Å². The van der Waals surface area contributed by atoms with Gasteiger partial charge in [-0.2, -0.15) is 13.2 Å². The van der Waals surface area contributed by atoms with Gasteiger partial charge in [-0.25, -0.2) is 0 Å². The second-order valence-corrected chi connectivity index (χ2v) is 7.96. The standard InChI is InChI=1S/C20H16F3N5S2/c1-2-28-18(15-5-3-4-14(10-15)17-12-30-27-24-17)25-26-19(28)29-11-13-6-8-16(9-7-13)20(21,22)23/h3-10,12H,2,11H2,1H3. The Morgan fingerprint density at radius 2 is 1.77 bits per heavy atom. The van der Waals surface area contributed by atoms with E-state index in [9.17, 15) is 13.2 Å². The highest BCUT2D eigenvalue weighted by Gasteiger charge is 2.29. The summed E-state index contributed by atoms with van der Waals surface area (Å²) < 4.78 is 44.0. The van der Waals surface area contributed by atoms with Crippen LogP contribution in [0, 0.1) is 0 Å². The van der Waals surface area contributed by atoms with Crippen molar-refractivity contribution in [1.82, 2.24) is 24.4 Å². The molecule has 0 aliphatic heterocycles. The van der Waals surface area contributed by atoms with Gasteiger partial charge in [-0.15, -0.1) is 15.3 Å². The molecule has 2 aromatic carbocycles. The monoisotopic (exact) mass is 447 g/mol. The van der Waals surface area contributed by atoms with Gasteiger partial charge < -0.3 is 4.57 Å². The Labute approximate surface area is 179 Å². The van der Waals surface area contributed by atoms with E-state index in [1.807, 2.05) is 41.1 Å². The lowest BCUT2D eigenvalue weighted by atomic mass is 10.1. The molecule has 2 heterocycles. The predicted molar refractivity (Wildman–Crippen MR) is 111 cm³/mol. The molecule has 0 saturated carbocycles. The summed E-state index contributed by atoms with van der Waals surface area (Å²) >= 11 is 2.74. The van der Waals surface area contributed by atoms with Crippen LogP contribution in [0.2, 0.25) is 0 Å². The normalized spacial score (nSPS) is 11.7. The zero-order valence-corrected chi connectivity index (χ0v) is 17.4. The predicted octanol–water partition coefficient (Wildman–Crippen LogP) is 5.79. The highest BCUT2D eigenvalue weighted by molar-refractivity contribution is 7.98. The van der Waals surface area contributed by atoms with Crippen molar-refractivity contribution < 1.29 is 13.2 Å². The molecule has 0 aliphatic rings. The molecule has 0 radical (unpaired) electrons. The fourth-order valence-corrected chi connectivity index (χ4v) is 4.36. The van der Waals surface area contributed by atoms with Gasteiger partial charge in [-0.1, -0.05) is 46.6 Å². The second kappa shape index (κ2) is 8.57. The highest BCUT2D eigenvalue weighted by atomic mass is 32.2. The van der Waals surface area contributed by atoms with Crippen LogP contribution in [0.4, 0.5) is 13.2 Å². The van der Waals surface area contributed by atoms with Crippen LogP contribution >= 0.6 is 23.3 Å². The summed E-state index contributed by atoms with van der Waals surface area (Å²) in [5, 5.41) is 15.4. The third kappa shape index (κ3) is 4.39. The Morgan fingerprint density at radius 3 is 2.43 bits per heavy atom. The van der Waals surface area contributed by atoms with E-state index >= 15 is 0 Å². The van der Waals surface area contributed by atoms with Gasteiger partial charge in [0.15, 0.2) is 11.0 Å². The maximum Gasteiger partial charge on any atom is 0.416 e. The number of hydrogen-bond donors (Lipinski definition) is 0. The summed E-state index contributed by atoms with van der Waals surface area (Å²) in [6, 6.07) is 13.1. The molecule has 0 bridgehead atoms. The number of hydrogen-bond acceptors (Lipinski definition) is 6. The molecule has 5 nitrogen and oxygen atoms in total. The maximum atomic E-state index is 12.7. The maximum absolute atomic E-state index is 12.7. The van der Waals surface area contributed by atoms with Gasteiger partial charge in [0.05, 0.1) is 5.56 Å². The molecule has 2 aromatic heterocycles. The van der Waals surface area contributed by atoms with Gasteiger partial charge in [0.1, 0.15) is 5.69 Å². The molecule has 0 N–H and O–H groups in total. The molecule has 0 fully saturated rings. The quantitative estimate of drug-likeness (QED) is 0.350.